The number of urea groups is 1. The first-order chi connectivity index (χ1) is 18.9. The Morgan fingerprint density at radius 3 is 2.51 bits per heavy atom. The second-order valence-electron chi connectivity index (χ2n) is 10.1. The van der Waals surface area contributed by atoms with E-state index in [0.717, 1.165) is 34.1 Å². The molecular weight excluding hydrogens is 492 g/mol. The van der Waals surface area contributed by atoms with Gasteiger partial charge < -0.3 is 15.0 Å². The lowest BCUT2D eigenvalue weighted by Gasteiger charge is -2.36. The highest BCUT2D eigenvalue weighted by Crippen LogP contribution is 2.45. The molecule has 6 rings (SSSR count). The lowest BCUT2D eigenvalue weighted by Crippen LogP contribution is -2.44. The van der Waals surface area contributed by atoms with Gasteiger partial charge in [-0.15, -0.1) is 0 Å². The third-order valence-corrected chi connectivity index (χ3v) is 7.86. The zero-order valence-electron chi connectivity index (χ0n) is 22.1. The number of para-hydroxylation sites is 2. The highest BCUT2D eigenvalue weighted by molar-refractivity contribution is 6.24. The van der Waals surface area contributed by atoms with Gasteiger partial charge in [0.05, 0.1) is 18.4 Å². The minimum absolute atomic E-state index is 0.0420. The van der Waals surface area contributed by atoms with Crippen molar-refractivity contribution < 1.29 is 19.1 Å². The highest BCUT2D eigenvalue weighted by atomic mass is 16.5. The van der Waals surface area contributed by atoms with Gasteiger partial charge in [-0.1, -0.05) is 49.4 Å². The number of anilines is 1. The second-order valence-corrected chi connectivity index (χ2v) is 10.1. The van der Waals surface area contributed by atoms with E-state index < -0.39 is 18.1 Å². The molecule has 198 valence electrons. The molecule has 3 aromatic carbocycles. The maximum atomic E-state index is 14.2. The van der Waals surface area contributed by atoms with Gasteiger partial charge in [0, 0.05) is 29.1 Å². The zero-order chi connectivity index (χ0) is 27.3. The van der Waals surface area contributed by atoms with Crippen molar-refractivity contribution >= 4 is 34.4 Å². The molecule has 2 aliphatic heterocycles. The lowest BCUT2D eigenvalue weighted by molar-refractivity contribution is -0.120. The fourth-order valence-corrected chi connectivity index (χ4v) is 5.69. The van der Waals surface area contributed by atoms with Gasteiger partial charge in [-0.2, -0.15) is 0 Å². The summed E-state index contributed by atoms with van der Waals surface area (Å²) in [5, 5.41) is 4.00. The maximum Gasteiger partial charge on any atom is 0.332 e. The third kappa shape index (κ3) is 3.94. The number of imide groups is 1. The van der Waals surface area contributed by atoms with E-state index in [9.17, 15) is 14.4 Å². The summed E-state index contributed by atoms with van der Waals surface area (Å²) in [6.07, 6.45) is 1.15. The van der Waals surface area contributed by atoms with Gasteiger partial charge in [0.2, 0.25) is 0 Å². The summed E-state index contributed by atoms with van der Waals surface area (Å²) in [4.78, 5) is 47.8. The second kappa shape index (κ2) is 9.62. The van der Waals surface area contributed by atoms with Crippen LogP contribution in [-0.2, 0) is 11.2 Å². The number of methoxy groups -OCH3 is 1. The monoisotopic (exact) mass is 522 g/mol. The van der Waals surface area contributed by atoms with Crippen LogP contribution in [0.25, 0.3) is 10.9 Å². The lowest BCUT2D eigenvalue weighted by atomic mass is 9.89. The summed E-state index contributed by atoms with van der Waals surface area (Å²) in [6.45, 7) is 3.91. The van der Waals surface area contributed by atoms with Crippen molar-refractivity contribution in [2.45, 2.75) is 44.8 Å². The van der Waals surface area contributed by atoms with Crippen molar-refractivity contribution in [3.05, 3.63) is 95.2 Å². The van der Waals surface area contributed by atoms with Crippen LogP contribution < -0.4 is 15.0 Å². The number of fused-ring (bicyclic) bond motifs is 4. The van der Waals surface area contributed by atoms with E-state index in [-0.39, 0.29) is 17.9 Å². The molecule has 4 amide bonds. The van der Waals surface area contributed by atoms with Gasteiger partial charge in [0.25, 0.3) is 11.8 Å². The summed E-state index contributed by atoms with van der Waals surface area (Å²) in [5.41, 5.74) is 4.33. The molecule has 39 heavy (non-hydrogen) atoms. The molecule has 0 bridgehead atoms. The highest BCUT2D eigenvalue weighted by Gasteiger charge is 2.53. The first kappa shape index (κ1) is 24.7. The molecule has 3 atom stereocenters. The molecule has 3 unspecified atom stereocenters. The van der Waals surface area contributed by atoms with E-state index in [2.05, 4.69) is 10.3 Å². The Bertz CT molecular complexity index is 1590. The SMILES string of the molecule is CCC(C)NC(=O)c1ccccc1N1C(=O)C2Cc3c([nH]c4ccccc34)C(c3ccc(OC)cc3)N2C1=O. The molecule has 0 spiro atoms. The number of aromatic amines is 1. The largest absolute Gasteiger partial charge is 0.497 e. The molecule has 3 heterocycles. The molecule has 2 aliphatic rings. The topological polar surface area (TPSA) is 94.7 Å². The van der Waals surface area contributed by atoms with Crippen molar-refractivity contribution in [3.8, 4) is 5.75 Å². The van der Waals surface area contributed by atoms with Gasteiger partial charge in [0.15, 0.2) is 0 Å². The Kier molecular flexibility index (Phi) is 6.10. The predicted molar refractivity (Wildman–Crippen MR) is 149 cm³/mol. The van der Waals surface area contributed by atoms with E-state index in [4.69, 9.17) is 4.74 Å². The molecular formula is C31H30N4O4. The number of benzene rings is 3. The van der Waals surface area contributed by atoms with Crippen LogP contribution in [0.3, 0.4) is 0 Å². The Morgan fingerprint density at radius 1 is 1.05 bits per heavy atom. The van der Waals surface area contributed by atoms with Crippen LogP contribution in [-0.4, -0.2) is 46.9 Å². The Morgan fingerprint density at radius 2 is 1.77 bits per heavy atom. The molecule has 2 N–H and O–H groups in total. The number of amides is 4. The van der Waals surface area contributed by atoms with Crippen LogP contribution in [0, 0.1) is 0 Å². The van der Waals surface area contributed by atoms with Gasteiger partial charge >= 0.3 is 6.03 Å². The minimum Gasteiger partial charge on any atom is -0.497 e. The van der Waals surface area contributed by atoms with Gasteiger partial charge in [0.1, 0.15) is 17.8 Å². The van der Waals surface area contributed by atoms with E-state index >= 15 is 0 Å². The van der Waals surface area contributed by atoms with Crippen LogP contribution in [0.5, 0.6) is 5.75 Å². The number of rotatable bonds is 6. The number of carbonyl (C=O) groups excluding carboxylic acids is 3. The van der Waals surface area contributed by atoms with Crippen molar-refractivity contribution in [2.24, 2.45) is 0 Å². The number of nitrogens with one attached hydrogen (secondary N) is 2. The summed E-state index contributed by atoms with van der Waals surface area (Å²) in [6, 6.07) is 20.6. The number of aromatic nitrogens is 1. The van der Waals surface area contributed by atoms with E-state index in [1.165, 1.54) is 4.90 Å². The molecule has 0 saturated carbocycles. The molecule has 1 saturated heterocycles. The van der Waals surface area contributed by atoms with Crippen LogP contribution in [0.15, 0.2) is 72.8 Å². The molecule has 0 radical (unpaired) electrons. The number of hydrogen-bond donors (Lipinski definition) is 2. The van der Waals surface area contributed by atoms with Crippen molar-refractivity contribution in [3.63, 3.8) is 0 Å². The Balaban J connectivity index is 1.47. The van der Waals surface area contributed by atoms with Crippen LogP contribution in [0.1, 0.15) is 53.5 Å². The molecule has 4 aromatic rings. The van der Waals surface area contributed by atoms with Gasteiger partial charge in [-0.05, 0) is 54.8 Å². The van der Waals surface area contributed by atoms with Crippen molar-refractivity contribution in [1.29, 1.82) is 0 Å². The average Bonchev–Trinajstić information content (AvgIpc) is 3.46. The fraction of sp³-hybridized carbons (Fsp3) is 0.258. The number of carbonyl (C=O) groups is 3. The van der Waals surface area contributed by atoms with Gasteiger partial charge in [-0.25, -0.2) is 9.69 Å². The molecule has 8 nitrogen and oxygen atoms in total. The van der Waals surface area contributed by atoms with Gasteiger partial charge in [-0.3, -0.25) is 14.5 Å². The molecule has 1 aromatic heterocycles. The summed E-state index contributed by atoms with van der Waals surface area (Å²) in [7, 11) is 1.61. The predicted octanol–water partition coefficient (Wildman–Crippen LogP) is 5.19. The van der Waals surface area contributed by atoms with Crippen molar-refractivity contribution in [1.82, 2.24) is 15.2 Å². The first-order valence-corrected chi connectivity index (χ1v) is 13.2. The molecule has 1 fully saturated rings. The van der Waals surface area contributed by atoms with E-state index in [0.29, 0.717) is 23.4 Å². The fourth-order valence-electron chi connectivity index (χ4n) is 5.69. The van der Waals surface area contributed by atoms with E-state index in [1.54, 1.807) is 36.3 Å². The third-order valence-electron chi connectivity index (χ3n) is 7.86. The Labute approximate surface area is 226 Å². The number of H-pyrrole nitrogens is 1. The normalized spacial score (nSPS) is 19.2. The summed E-state index contributed by atoms with van der Waals surface area (Å²) in [5.74, 6) is 0.0567. The number of hydrogen-bond acceptors (Lipinski definition) is 4. The first-order valence-electron chi connectivity index (χ1n) is 13.2. The quantitative estimate of drug-likeness (QED) is 0.341. The van der Waals surface area contributed by atoms with Crippen molar-refractivity contribution in [2.75, 3.05) is 12.0 Å². The van der Waals surface area contributed by atoms with Crippen LogP contribution in [0.2, 0.25) is 0 Å². The van der Waals surface area contributed by atoms with Crippen LogP contribution >= 0.6 is 0 Å². The minimum atomic E-state index is -0.706. The number of nitrogens with zero attached hydrogens (tertiary/aromatic N) is 2. The summed E-state index contributed by atoms with van der Waals surface area (Å²) < 4.78 is 5.36. The number of ether oxygens (including phenoxy) is 1. The van der Waals surface area contributed by atoms with Crippen LogP contribution in [0.4, 0.5) is 10.5 Å². The summed E-state index contributed by atoms with van der Waals surface area (Å²) >= 11 is 0. The standard InChI is InChI=1S/C31H30N4O4/c1-4-18(2)32-29(36)22-10-6-8-12-25(22)35-30(37)26-17-23-21-9-5-7-11-24(21)33-27(23)28(34(26)31(35)38)19-13-15-20(39-3)16-14-19/h5-16,18,26,28,33H,4,17H2,1-3H3,(H,32,36). The zero-order valence-corrected chi connectivity index (χ0v) is 22.1. The van der Waals surface area contributed by atoms with E-state index in [1.807, 2.05) is 62.4 Å². The molecule has 8 heteroatoms. The molecule has 0 aliphatic carbocycles. The maximum absolute atomic E-state index is 14.2. The average molecular weight is 523 g/mol. The smallest absolute Gasteiger partial charge is 0.332 e. The Hall–Kier alpha value is -4.59.